The third kappa shape index (κ3) is 1.35. The van der Waals surface area contributed by atoms with Gasteiger partial charge in [-0.3, -0.25) is 4.79 Å². The van der Waals surface area contributed by atoms with Gasteiger partial charge in [-0.15, -0.1) is 0 Å². The normalized spacial score (nSPS) is 46.9. The molecule has 0 unspecified atom stereocenters. The maximum absolute atomic E-state index is 12.3. The van der Waals surface area contributed by atoms with Crippen LogP contribution in [0.2, 0.25) is 0 Å². The number of esters is 2. The van der Waals surface area contributed by atoms with Crippen molar-refractivity contribution in [3.8, 4) is 0 Å². The van der Waals surface area contributed by atoms with Gasteiger partial charge >= 0.3 is 11.9 Å². The first-order chi connectivity index (χ1) is 9.87. The second-order valence-electron chi connectivity index (χ2n) is 6.57. The molecule has 0 spiro atoms. The summed E-state index contributed by atoms with van der Waals surface area (Å²) in [4.78, 5) is 24.0. The molecule has 1 N–H and O–H groups in total. The van der Waals surface area contributed by atoms with Crippen molar-refractivity contribution >= 4 is 11.9 Å². The maximum Gasteiger partial charge on any atom is 0.331 e. The zero-order valence-electron chi connectivity index (χ0n) is 11.8. The van der Waals surface area contributed by atoms with E-state index in [-0.39, 0.29) is 24.5 Å². The highest BCUT2D eigenvalue weighted by Crippen LogP contribution is 2.61. The van der Waals surface area contributed by atoms with Crippen LogP contribution in [0.25, 0.3) is 0 Å². The lowest BCUT2D eigenvalue weighted by molar-refractivity contribution is -0.151. The molecule has 0 bridgehead atoms. The molecule has 4 rings (SSSR count). The summed E-state index contributed by atoms with van der Waals surface area (Å²) in [5, 5.41) is 10.3. The fraction of sp³-hybridized carbons (Fsp3) is 0.500. The third-order valence-corrected chi connectivity index (χ3v) is 5.47. The molecule has 0 amide bonds. The van der Waals surface area contributed by atoms with Crippen LogP contribution in [0, 0.1) is 16.7 Å². The first kappa shape index (κ1) is 12.8. The molecule has 2 heterocycles. The maximum atomic E-state index is 12.3. The quantitative estimate of drug-likeness (QED) is 0.529. The van der Waals surface area contributed by atoms with Crippen molar-refractivity contribution in [2.45, 2.75) is 26.1 Å². The molecule has 0 aromatic heterocycles. The van der Waals surface area contributed by atoms with Crippen LogP contribution in [0.4, 0.5) is 0 Å². The number of ether oxygens (including phenoxy) is 2. The molecule has 5 heteroatoms. The van der Waals surface area contributed by atoms with E-state index in [9.17, 15) is 14.7 Å². The number of hydrogen-bond donors (Lipinski definition) is 1. The van der Waals surface area contributed by atoms with Crippen molar-refractivity contribution < 1.29 is 24.2 Å². The van der Waals surface area contributed by atoms with Gasteiger partial charge < -0.3 is 14.6 Å². The summed E-state index contributed by atoms with van der Waals surface area (Å²) in [5.74, 6) is -0.976. The standard InChI is InChI=1S/C16H16O5/c1-15-4-3-11(17)16(2)13(15)10(21-14(16)19)5-8-7-20-12(18)6-9(8)15/h3-6,10-11,13,17H,7H2,1-2H3/t10-,11+,13+,15-,16+/m1/s1. The summed E-state index contributed by atoms with van der Waals surface area (Å²) in [7, 11) is 0. The van der Waals surface area contributed by atoms with Crippen molar-refractivity contribution in [3.63, 3.8) is 0 Å². The molecule has 5 atom stereocenters. The summed E-state index contributed by atoms with van der Waals surface area (Å²) in [5.41, 5.74) is 0.247. The highest BCUT2D eigenvalue weighted by atomic mass is 16.6. The summed E-state index contributed by atoms with van der Waals surface area (Å²) in [6.07, 6.45) is 5.63. The van der Waals surface area contributed by atoms with Gasteiger partial charge in [-0.1, -0.05) is 19.1 Å². The van der Waals surface area contributed by atoms with E-state index in [0.717, 1.165) is 11.1 Å². The Morgan fingerprint density at radius 3 is 2.86 bits per heavy atom. The zero-order chi connectivity index (χ0) is 15.0. The van der Waals surface area contributed by atoms with E-state index in [1.165, 1.54) is 6.08 Å². The molecule has 0 saturated carbocycles. The smallest absolute Gasteiger partial charge is 0.331 e. The summed E-state index contributed by atoms with van der Waals surface area (Å²) >= 11 is 0. The Kier molecular flexibility index (Phi) is 2.23. The lowest BCUT2D eigenvalue weighted by Crippen LogP contribution is -2.53. The molecule has 2 aliphatic carbocycles. The number of carbonyl (C=O) groups is 2. The summed E-state index contributed by atoms with van der Waals surface area (Å²) in [6, 6.07) is 0. The number of carbonyl (C=O) groups excluding carboxylic acids is 2. The molecule has 0 radical (unpaired) electrons. The van der Waals surface area contributed by atoms with Crippen LogP contribution in [-0.4, -0.2) is 35.9 Å². The number of rotatable bonds is 0. The largest absolute Gasteiger partial charge is 0.458 e. The first-order valence-corrected chi connectivity index (χ1v) is 7.06. The van der Waals surface area contributed by atoms with E-state index in [2.05, 4.69) is 0 Å². The van der Waals surface area contributed by atoms with E-state index in [1.807, 2.05) is 19.1 Å². The predicted octanol–water partition coefficient (Wildman–Crippen LogP) is 0.894. The number of allylic oxidation sites excluding steroid dienone is 1. The van der Waals surface area contributed by atoms with Crippen LogP contribution in [0.5, 0.6) is 0 Å². The second kappa shape index (κ2) is 3.65. The molecule has 21 heavy (non-hydrogen) atoms. The Morgan fingerprint density at radius 2 is 2.10 bits per heavy atom. The van der Waals surface area contributed by atoms with Crippen LogP contribution in [-0.2, 0) is 19.1 Å². The third-order valence-electron chi connectivity index (χ3n) is 5.47. The number of aliphatic hydroxyl groups is 1. The predicted molar refractivity (Wildman–Crippen MR) is 71.9 cm³/mol. The van der Waals surface area contributed by atoms with Gasteiger partial charge in [0.05, 0.1) is 6.10 Å². The number of hydrogen-bond acceptors (Lipinski definition) is 5. The molecule has 1 fully saturated rings. The number of aliphatic hydroxyl groups excluding tert-OH is 1. The minimum absolute atomic E-state index is 0.203. The molecule has 5 nitrogen and oxygen atoms in total. The minimum Gasteiger partial charge on any atom is -0.458 e. The van der Waals surface area contributed by atoms with Crippen molar-refractivity contribution in [2.24, 2.45) is 16.7 Å². The molecule has 2 aliphatic heterocycles. The van der Waals surface area contributed by atoms with E-state index >= 15 is 0 Å². The van der Waals surface area contributed by atoms with Gasteiger partial charge in [0, 0.05) is 17.4 Å². The van der Waals surface area contributed by atoms with Crippen LogP contribution in [0.3, 0.4) is 0 Å². The van der Waals surface area contributed by atoms with E-state index in [0.29, 0.717) is 0 Å². The van der Waals surface area contributed by atoms with Crippen molar-refractivity contribution in [1.29, 1.82) is 0 Å². The van der Waals surface area contributed by atoms with Gasteiger partial charge in [-0.25, -0.2) is 4.79 Å². The van der Waals surface area contributed by atoms with Gasteiger partial charge in [0.1, 0.15) is 18.1 Å². The molecule has 0 aromatic carbocycles. The van der Waals surface area contributed by atoms with E-state index in [4.69, 9.17) is 9.47 Å². The van der Waals surface area contributed by atoms with Crippen LogP contribution in [0.15, 0.2) is 35.5 Å². The average Bonchev–Trinajstić information content (AvgIpc) is 2.70. The Balaban J connectivity index is 1.98. The lowest BCUT2D eigenvalue weighted by Gasteiger charge is -2.50. The highest BCUT2D eigenvalue weighted by Gasteiger charge is 2.66. The molecule has 0 aromatic rings. The fourth-order valence-electron chi connectivity index (χ4n) is 4.35. The number of fused-ring (bicyclic) bond motifs is 2. The fourth-order valence-corrected chi connectivity index (χ4v) is 4.35. The van der Waals surface area contributed by atoms with Crippen LogP contribution in [0.1, 0.15) is 13.8 Å². The van der Waals surface area contributed by atoms with Crippen molar-refractivity contribution in [2.75, 3.05) is 6.61 Å². The first-order valence-electron chi connectivity index (χ1n) is 7.06. The van der Waals surface area contributed by atoms with Gasteiger partial charge in [0.2, 0.25) is 0 Å². The van der Waals surface area contributed by atoms with Crippen LogP contribution >= 0.6 is 0 Å². The van der Waals surface area contributed by atoms with Crippen molar-refractivity contribution in [1.82, 2.24) is 0 Å². The number of cyclic esters (lactones) is 1. The van der Waals surface area contributed by atoms with E-state index < -0.39 is 23.0 Å². The molecular weight excluding hydrogens is 272 g/mol. The highest BCUT2D eigenvalue weighted by molar-refractivity contribution is 5.88. The van der Waals surface area contributed by atoms with E-state index in [1.54, 1.807) is 13.0 Å². The van der Waals surface area contributed by atoms with Gasteiger partial charge in [-0.2, -0.15) is 0 Å². The second-order valence-corrected chi connectivity index (χ2v) is 6.57. The topological polar surface area (TPSA) is 72.8 Å². The Hall–Kier alpha value is -1.88. The Labute approximate surface area is 121 Å². The molecule has 110 valence electrons. The van der Waals surface area contributed by atoms with Crippen LogP contribution < -0.4 is 0 Å². The van der Waals surface area contributed by atoms with Crippen molar-refractivity contribution in [3.05, 3.63) is 35.5 Å². The SMILES string of the molecule is C[C@]12C(=O)O[C@@H]3C=C4COC(=O)C=C4[C@@](C)(C=C[C@@H]1O)[C@H]32. The summed E-state index contributed by atoms with van der Waals surface area (Å²) < 4.78 is 10.6. The minimum atomic E-state index is -0.988. The molecular formula is C16H16O5. The van der Waals surface area contributed by atoms with Gasteiger partial charge in [-0.05, 0) is 24.1 Å². The average molecular weight is 288 g/mol. The lowest BCUT2D eigenvalue weighted by atomic mass is 9.52. The Bertz CT molecular complexity index is 658. The molecule has 4 aliphatic rings. The monoisotopic (exact) mass is 288 g/mol. The Morgan fingerprint density at radius 1 is 1.33 bits per heavy atom. The summed E-state index contributed by atoms with van der Waals surface area (Å²) in [6.45, 7) is 3.94. The van der Waals surface area contributed by atoms with Gasteiger partial charge in [0.15, 0.2) is 0 Å². The van der Waals surface area contributed by atoms with Gasteiger partial charge in [0.25, 0.3) is 0 Å². The molecule has 1 saturated heterocycles. The zero-order valence-corrected chi connectivity index (χ0v) is 11.8.